The molecule has 2 aliphatic rings. The van der Waals surface area contributed by atoms with E-state index < -0.39 is 0 Å². The molecule has 1 N–H and O–H groups in total. The van der Waals surface area contributed by atoms with Gasteiger partial charge in [0.25, 0.3) is 0 Å². The second kappa shape index (κ2) is 7.59. The number of amides is 1. The lowest BCUT2D eigenvalue weighted by Crippen LogP contribution is -2.51. The monoisotopic (exact) mass is 296 g/mol. The minimum Gasteiger partial charge on any atom is -0.396 e. The maximum Gasteiger partial charge on any atom is 0.239 e. The van der Waals surface area contributed by atoms with Gasteiger partial charge in [-0.2, -0.15) is 0 Å². The average molecular weight is 296 g/mol. The van der Waals surface area contributed by atoms with Gasteiger partial charge in [0.15, 0.2) is 0 Å². The van der Waals surface area contributed by atoms with Crippen LogP contribution in [-0.2, 0) is 4.79 Å². The van der Waals surface area contributed by atoms with E-state index in [9.17, 15) is 9.90 Å². The lowest BCUT2D eigenvalue weighted by atomic mass is 9.77. The molecule has 0 aromatic heterocycles. The van der Waals surface area contributed by atoms with Gasteiger partial charge in [0.1, 0.15) is 0 Å². The van der Waals surface area contributed by atoms with E-state index in [-0.39, 0.29) is 18.1 Å². The van der Waals surface area contributed by atoms with Crippen molar-refractivity contribution < 1.29 is 9.90 Å². The van der Waals surface area contributed by atoms with Gasteiger partial charge < -0.3 is 10.0 Å². The van der Waals surface area contributed by atoms with Crippen molar-refractivity contribution in [2.24, 2.45) is 5.41 Å². The maximum atomic E-state index is 12.7. The quantitative estimate of drug-likeness (QED) is 0.865. The van der Waals surface area contributed by atoms with Crippen molar-refractivity contribution in [2.75, 3.05) is 32.8 Å². The van der Waals surface area contributed by atoms with E-state index in [1.54, 1.807) is 0 Å². The third-order valence-corrected chi connectivity index (χ3v) is 5.77. The van der Waals surface area contributed by atoms with Crippen molar-refractivity contribution in [3.8, 4) is 0 Å². The van der Waals surface area contributed by atoms with Gasteiger partial charge in [-0.1, -0.05) is 19.8 Å². The summed E-state index contributed by atoms with van der Waals surface area (Å²) < 4.78 is 0. The fraction of sp³-hybridized carbons (Fsp3) is 0.941. The summed E-state index contributed by atoms with van der Waals surface area (Å²) in [5.74, 6) is 0.291. The minimum atomic E-state index is 0.0198. The summed E-state index contributed by atoms with van der Waals surface area (Å²) in [6.45, 7) is 8.23. The molecule has 0 spiro atoms. The maximum absolute atomic E-state index is 12.7. The molecule has 0 saturated carbocycles. The number of aliphatic hydroxyl groups excluding tert-OH is 1. The molecule has 0 bridgehead atoms. The second-order valence-corrected chi connectivity index (χ2v) is 6.96. The minimum absolute atomic E-state index is 0.0198. The van der Waals surface area contributed by atoms with E-state index in [1.807, 2.05) is 4.90 Å². The van der Waals surface area contributed by atoms with E-state index in [2.05, 4.69) is 18.7 Å². The van der Waals surface area contributed by atoms with Crippen LogP contribution < -0.4 is 0 Å². The SMILES string of the molecule is CCC1(CO)CCN(C(=O)C(C)N2CCCCCC2)CC1. The van der Waals surface area contributed by atoms with Gasteiger partial charge in [0.05, 0.1) is 6.04 Å². The molecular weight excluding hydrogens is 264 g/mol. The van der Waals surface area contributed by atoms with Crippen molar-refractivity contribution >= 4 is 5.91 Å². The summed E-state index contributed by atoms with van der Waals surface area (Å²) in [5, 5.41) is 9.60. The van der Waals surface area contributed by atoms with Gasteiger partial charge in [-0.15, -0.1) is 0 Å². The van der Waals surface area contributed by atoms with Crippen molar-refractivity contribution in [2.45, 2.75) is 64.8 Å². The topological polar surface area (TPSA) is 43.8 Å². The Morgan fingerprint density at radius 3 is 2.14 bits per heavy atom. The summed E-state index contributed by atoms with van der Waals surface area (Å²) in [4.78, 5) is 17.1. The first-order valence-corrected chi connectivity index (χ1v) is 8.75. The van der Waals surface area contributed by atoms with Crippen LogP contribution in [0.15, 0.2) is 0 Å². The summed E-state index contributed by atoms with van der Waals surface area (Å²) in [6.07, 6.45) is 7.94. The number of hydrogen-bond acceptors (Lipinski definition) is 3. The molecule has 2 fully saturated rings. The molecule has 0 aliphatic carbocycles. The van der Waals surface area contributed by atoms with E-state index in [1.165, 1.54) is 25.7 Å². The first-order valence-electron chi connectivity index (χ1n) is 8.75. The van der Waals surface area contributed by atoms with Gasteiger partial charge in [-0.05, 0) is 57.5 Å². The number of rotatable bonds is 4. The molecule has 4 heteroatoms. The molecule has 4 nitrogen and oxygen atoms in total. The zero-order valence-electron chi connectivity index (χ0n) is 13.8. The predicted octanol–water partition coefficient (Wildman–Crippen LogP) is 2.26. The molecule has 0 radical (unpaired) electrons. The molecule has 2 aliphatic heterocycles. The lowest BCUT2D eigenvalue weighted by molar-refractivity contribution is -0.139. The van der Waals surface area contributed by atoms with Crippen LogP contribution >= 0.6 is 0 Å². The number of nitrogens with zero attached hydrogens (tertiary/aromatic N) is 2. The highest BCUT2D eigenvalue weighted by Gasteiger charge is 2.35. The fourth-order valence-electron chi connectivity index (χ4n) is 3.73. The Labute approximate surface area is 129 Å². The zero-order chi connectivity index (χ0) is 15.3. The molecule has 2 heterocycles. The van der Waals surface area contributed by atoms with Crippen molar-refractivity contribution in [1.82, 2.24) is 9.80 Å². The number of carbonyl (C=O) groups excluding carboxylic acids is 1. The molecule has 2 rings (SSSR count). The average Bonchev–Trinajstić information content (AvgIpc) is 2.83. The number of aliphatic hydroxyl groups is 1. The van der Waals surface area contributed by atoms with E-state index >= 15 is 0 Å². The highest BCUT2D eigenvalue weighted by Crippen LogP contribution is 2.34. The third-order valence-electron chi connectivity index (χ3n) is 5.77. The molecule has 0 aromatic rings. The van der Waals surface area contributed by atoms with Crippen LogP contribution in [0.5, 0.6) is 0 Å². The second-order valence-electron chi connectivity index (χ2n) is 6.96. The van der Waals surface area contributed by atoms with Gasteiger partial charge in [-0.25, -0.2) is 0 Å². The van der Waals surface area contributed by atoms with Crippen LogP contribution in [-0.4, -0.2) is 59.6 Å². The Balaban J connectivity index is 1.88. The Morgan fingerprint density at radius 2 is 1.67 bits per heavy atom. The fourth-order valence-corrected chi connectivity index (χ4v) is 3.73. The number of hydrogen-bond donors (Lipinski definition) is 1. The van der Waals surface area contributed by atoms with Crippen LogP contribution in [0.1, 0.15) is 58.8 Å². The predicted molar refractivity (Wildman–Crippen MR) is 85.1 cm³/mol. The van der Waals surface area contributed by atoms with Gasteiger partial charge in [0.2, 0.25) is 5.91 Å². The summed E-state index contributed by atoms with van der Waals surface area (Å²) in [6, 6.07) is 0.0198. The van der Waals surface area contributed by atoms with Crippen molar-refractivity contribution in [1.29, 1.82) is 0 Å². The van der Waals surface area contributed by atoms with Crippen LogP contribution in [0.2, 0.25) is 0 Å². The van der Waals surface area contributed by atoms with Crippen LogP contribution in [0.4, 0.5) is 0 Å². The molecule has 2 saturated heterocycles. The Bertz CT molecular complexity index is 324. The van der Waals surface area contributed by atoms with Gasteiger partial charge in [-0.3, -0.25) is 9.69 Å². The van der Waals surface area contributed by atoms with Crippen LogP contribution in [0.25, 0.3) is 0 Å². The van der Waals surface area contributed by atoms with Gasteiger partial charge >= 0.3 is 0 Å². The third kappa shape index (κ3) is 3.98. The normalized spacial score (nSPS) is 25.4. The Morgan fingerprint density at radius 1 is 1.10 bits per heavy atom. The molecular formula is C17H32N2O2. The van der Waals surface area contributed by atoms with E-state index in [4.69, 9.17) is 0 Å². The first-order chi connectivity index (χ1) is 10.1. The highest BCUT2D eigenvalue weighted by molar-refractivity contribution is 5.81. The Hall–Kier alpha value is -0.610. The van der Waals surface area contributed by atoms with Gasteiger partial charge in [0, 0.05) is 19.7 Å². The summed E-state index contributed by atoms with van der Waals surface area (Å²) in [5.41, 5.74) is 0.0582. The molecule has 1 amide bonds. The number of piperidine rings is 1. The molecule has 1 atom stereocenters. The zero-order valence-corrected chi connectivity index (χ0v) is 13.8. The smallest absolute Gasteiger partial charge is 0.239 e. The standard InChI is InChI=1S/C17H32N2O2/c1-3-17(14-20)8-12-19(13-9-17)16(21)15(2)18-10-6-4-5-7-11-18/h15,20H,3-14H2,1-2H3. The summed E-state index contributed by atoms with van der Waals surface area (Å²) in [7, 11) is 0. The summed E-state index contributed by atoms with van der Waals surface area (Å²) >= 11 is 0. The van der Waals surface area contributed by atoms with Crippen molar-refractivity contribution in [3.05, 3.63) is 0 Å². The Kier molecular flexibility index (Phi) is 6.06. The molecule has 0 aromatic carbocycles. The van der Waals surface area contributed by atoms with Crippen LogP contribution in [0.3, 0.4) is 0 Å². The van der Waals surface area contributed by atoms with E-state index in [0.29, 0.717) is 5.91 Å². The molecule has 122 valence electrons. The molecule has 1 unspecified atom stereocenters. The number of likely N-dealkylation sites (tertiary alicyclic amines) is 2. The first kappa shape index (κ1) is 16.8. The van der Waals surface area contributed by atoms with E-state index in [0.717, 1.165) is 45.4 Å². The highest BCUT2D eigenvalue weighted by atomic mass is 16.3. The molecule has 21 heavy (non-hydrogen) atoms. The number of carbonyl (C=O) groups is 1. The van der Waals surface area contributed by atoms with Crippen molar-refractivity contribution in [3.63, 3.8) is 0 Å². The van der Waals surface area contributed by atoms with Crippen LogP contribution in [0, 0.1) is 5.41 Å². The lowest BCUT2D eigenvalue weighted by Gasteiger charge is -2.42. The largest absolute Gasteiger partial charge is 0.396 e.